The maximum Gasteiger partial charge on any atom is 0.234 e. The van der Waals surface area contributed by atoms with E-state index in [4.69, 9.17) is 0 Å². The van der Waals surface area contributed by atoms with Crippen molar-refractivity contribution in [1.82, 2.24) is 10.2 Å². The van der Waals surface area contributed by atoms with E-state index in [-0.39, 0.29) is 11.9 Å². The molecule has 1 N–H and O–H groups in total. The third-order valence-electron chi connectivity index (χ3n) is 3.35. The highest BCUT2D eigenvalue weighted by molar-refractivity contribution is 7.10. The molecule has 0 fully saturated rings. The van der Waals surface area contributed by atoms with E-state index >= 15 is 0 Å². The molecule has 0 saturated carbocycles. The van der Waals surface area contributed by atoms with Gasteiger partial charge in [0.2, 0.25) is 5.91 Å². The Morgan fingerprint density at radius 3 is 2.73 bits per heavy atom. The van der Waals surface area contributed by atoms with Crippen LogP contribution >= 0.6 is 11.3 Å². The third-order valence-corrected chi connectivity index (χ3v) is 4.41. The molecule has 1 aromatic heterocycles. The lowest BCUT2D eigenvalue weighted by Crippen LogP contribution is -2.38. The number of hydrogen-bond donors (Lipinski definition) is 1. The fourth-order valence-electron chi connectivity index (χ4n) is 2.31. The van der Waals surface area contributed by atoms with Crippen LogP contribution in [0.4, 0.5) is 0 Å². The molecule has 0 bridgehead atoms. The van der Waals surface area contributed by atoms with Crippen LogP contribution in [0.25, 0.3) is 0 Å². The Morgan fingerprint density at radius 1 is 1.32 bits per heavy atom. The van der Waals surface area contributed by atoms with Gasteiger partial charge in [-0.15, -0.1) is 17.9 Å². The van der Waals surface area contributed by atoms with Crippen molar-refractivity contribution in [3.8, 4) is 0 Å². The first-order valence-corrected chi connectivity index (χ1v) is 8.27. The molecule has 0 aliphatic carbocycles. The Labute approximate surface area is 136 Å². The molecular weight excluding hydrogens is 292 g/mol. The normalized spacial score (nSPS) is 12.1. The molecule has 1 aromatic carbocycles. The van der Waals surface area contributed by atoms with Crippen LogP contribution in [-0.4, -0.2) is 23.9 Å². The number of nitrogens with zero attached hydrogens (tertiary/aromatic N) is 1. The number of rotatable bonds is 8. The molecule has 2 rings (SSSR count). The minimum absolute atomic E-state index is 0.0404. The molecule has 1 amide bonds. The molecule has 4 heteroatoms. The van der Waals surface area contributed by atoms with Gasteiger partial charge in [-0.1, -0.05) is 42.5 Å². The Morgan fingerprint density at radius 2 is 2.09 bits per heavy atom. The molecule has 0 radical (unpaired) electrons. The molecular formula is C18H22N2OS. The number of nitrogens with one attached hydrogen (secondary N) is 1. The lowest BCUT2D eigenvalue weighted by Gasteiger charge is -2.21. The Balaban J connectivity index is 1.89. The van der Waals surface area contributed by atoms with Gasteiger partial charge in [-0.3, -0.25) is 9.69 Å². The predicted octanol–water partition coefficient (Wildman–Crippen LogP) is 3.61. The third kappa shape index (κ3) is 5.13. The first kappa shape index (κ1) is 16.5. The highest BCUT2D eigenvalue weighted by atomic mass is 32.1. The molecule has 0 saturated heterocycles. The number of carbonyl (C=O) groups is 1. The van der Waals surface area contributed by atoms with Crippen LogP contribution in [-0.2, 0) is 11.3 Å². The monoisotopic (exact) mass is 314 g/mol. The average Bonchev–Trinajstić information content (AvgIpc) is 3.02. The quantitative estimate of drug-likeness (QED) is 0.755. The SMILES string of the molecule is C=CCN(CC(=O)NC(C)c1cccs1)Cc1ccccc1. The standard InChI is InChI=1S/C18H22N2OS/c1-3-11-20(13-16-8-5-4-6-9-16)14-18(21)19-15(2)17-10-7-12-22-17/h3-10,12,15H,1,11,13-14H2,2H3,(H,19,21). The maximum absolute atomic E-state index is 12.2. The summed E-state index contributed by atoms with van der Waals surface area (Å²) in [6.07, 6.45) is 1.83. The van der Waals surface area contributed by atoms with Gasteiger partial charge in [-0.25, -0.2) is 0 Å². The van der Waals surface area contributed by atoms with Crippen molar-refractivity contribution in [2.45, 2.75) is 19.5 Å². The predicted molar refractivity (Wildman–Crippen MR) is 92.8 cm³/mol. The molecule has 22 heavy (non-hydrogen) atoms. The average molecular weight is 314 g/mol. The second kappa shape index (κ2) is 8.51. The summed E-state index contributed by atoms with van der Waals surface area (Å²) < 4.78 is 0. The van der Waals surface area contributed by atoms with E-state index in [9.17, 15) is 4.79 Å². The minimum atomic E-state index is 0.0404. The van der Waals surface area contributed by atoms with Gasteiger partial charge in [0.25, 0.3) is 0 Å². The van der Waals surface area contributed by atoms with Crippen molar-refractivity contribution in [3.63, 3.8) is 0 Å². The van der Waals surface area contributed by atoms with Crippen LogP contribution in [0.1, 0.15) is 23.4 Å². The summed E-state index contributed by atoms with van der Waals surface area (Å²) in [5.74, 6) is 0.0404. The Kier molecular flexibility index (Phi) is 6.37. The second-order valence-electron chi connectivity index (χ2n) is 5.25. The van der Waals surface area contributed by atoms with Crippen molar-refractivity contribution in [2.24, 2.45) is 0 Å². The van der Waals surface area contributed by atoms with E-state index in [1.807, 2.05) is 48.7 Å². The zero-order valence-electron chi connectivity index (χ0n) is 12.9. The molecule has 0 aliphatic heterocycles. The van der Waals surface area contributed by atoms with Crippen LogP contribution in [0.15, 0.2) is 60.5 Å². The van der Waals surface area contributed by atoms with Crippen molar-refractivity contribution < 1.29 is 4.79 Å². The van der Waals surface area contributed by atoms with Gasteiger partial charge in [0.1, 0.15) is 0 Å². The van der Waals surface area contributed by atoms with Gasteiger partial charge in [0.05, 0.1) is 12.6 Å². The van der Waals surface area contributed by atoms with Crippen LogP contribution in [0.2, 0.25) is 0 Å². The van der Waals surface area contributed by atoms with Gasteiger partial charge in [-0.05, 0) is 23.9 Å². The second-order valence-corrected chi connectivity index (χ2v) is 6.23. The summed E-state index contributed by atoms with van der Waals surface area (Å²) in [6.45, 7) is 7.60. The summed E-state index contributed by atoms with van der Waals surface area (Å²) in [4.78, 5) is 15.5. The van der Waals surface area contributed by atoms with Crippen LogP contribution in [0.5, 0.6) is 0 Å². The summed E-state index contributed by atoms with van der Waals surface area (Å²) in [7, 11) is 0. The molecule has 1 heterocycles. The lowest BCUT2D eigenvalue weighted by atomic mass is 10.2. The van der Waals surface area contributed by atoms with Gasteiger partial charge < -0.3 is 5.32 Å². The van der Waals surface area contributed by atoms with E-state index < -0.39 is 0 Å². The summed E-state index contributed by atoms with van der Waals surface area (Å²) in [6, 6.07) is 14.3. The maximum atomic E-state index is 12.2. The van der Waals surface area contributed by atoms with Crippen molar-refractivity contribution >= 4 is 17.2 Å². The van der Waals surface area contributed by atoms with Crippen LogP contribution < -0.4 is 5.32 Å². The number of hydrogen-bond acceptors (Lipinski definition) is 3. The number of amides is 1. The van der Waals surface area contributed by atoms with Crippen molar-refractivity contribution in [1.29, 1.82) is 0 Å². The number of thiophene rings is 1. The minimum Gasteiger partial charge on any atom is -0.348 e. The topological polar surface area (TPSA) is 32.3 Å². The summed E-state index contributed by atoms with van der Waals surface area (Å²) >= 11 is 1.66. The van der Waals surface area contributed by atoms with E-state index in [2.05, 4.69) is 28.9 Å². The zero-order chi connectivity index (χ0) is 15.8. The first-order valence-electron chi connectivity index (χ1n) is 7.39. The molecule has 1 atom stereocenters. The molecule has 3 nitrogen and oxygen atoms in total. The van der Waals surface area contributed by atoms with Gasteiger partial charge in [0, 0.05) is 18.0 Å². The van der Waals surface area contributed by atoms with Gasteiger partial charge >= 0.3 is 0 Å². The Bertz CT molecular complexity index is 580. The van der Waals surface area contributed by atoms with Gasteiger partial charge in [0.15, 0.2) is 0 Å². The largest absolute Gasteiger partial charge is 0.348 e. The Hall–Kier alpha value is -1.91. The van der Waals surface area contributed by atoms with E-state index in [1.165, 1.54) is 10.4 Å². The fourth-order valence-corrected chi connectivity index (χ4v) is 3.04. The molecule has 0 spiro atoms. The summed E-state index contributed by atoms with van der Waals surface area (Å²) in [5.41, 5.74) is 1.20. The molecule has 2 aromatic rings. The molecule has 1 unspecified atom stereocenters. The van der Waals surface area contributed by atoms with E-state index in [0.29, 0.717) is 13.1 Å². The zero-order valence-corrected chi connectivity index (χ0v) is 13.7. The number of carbonyl (C=O) groups excluding carboxylic acids is 1. The van der Waals surface area contributed by atoms with Gasteiger partial charge in [-0.2, -0.15) is 0 Å². The lowest BCUT2D eigenvalue weighted by molar-refractivity contribution is -0.122. The van der Waals surface area contributed by atoms with Crippen LogP contribution in [0, 0.1) is 0 Å². The van der Waals surface area contributed by atoms with E-state index in [1.54, 1.807) is 11.3 Å². The van der Waals surface area contributed by atoms with Crippen molar-refractivity contribution in [3.05, 3.63) is 70.9 Å². The number of benzene rings is 1. The summed E-state index contributed by atoms with van der Waals surface area (Å²) in [5, 5.41) is 5.08. The fraction of sp³-hybridized carbons (Fsp3) is 0.278. The smallest absolute Gasteiger partial charge is 0.234 e. The van der Waals surface area contributed by atoms with Crippen LogP contribution in [0.3, 0.4) is 0 Å². The molecule has 116 valence electrons. The highest BCUT2D eigenvalue weighted by Crippen LogP contribution is 2.17. The molecule has 0 aliphatic rings. The van der Waals surface area contributed by atoms with Crippen molar-refractivity contribution in [2.75, 3.05) is 13.1 Å². The van der Waals surface area contributed by atoms with E-state index in [0.717, 1.165) is 6.54 Å². The highest BCUT2D eigenvalue weighted by Gasteiger charge is 2.14. The first-order chi connectivity index (χ1) is 10.7.